The van der Waals surface area contributed by atoms with Crippen LogP contribution in [0.15, 0.2) is 24.3 Å². The quantitative estimate of drug-likeness (QED) is 0.769. The molecule has 0 radical (unpaired) electrons. The Kier molecular flexibility index (Phi) is 6.52. The first-order valence-corrected chi connectivity index (χ1v) is 8.59. The van der Waals surface area contributed by atoms with Crippen LogP contribution >= 0.6 is 0 Å². The average molecular weight is 349 g/mol. The maximum Gasteiger partial charge on any atom is 0.222 e. The maximum atomic E-state index is 12.4. The molecule has 1 amide bonds. The molecule has 0 spiro atoms. The predicted molar refractivity (Wildman–Crippen MR) is 97.9 cm³/mol. The number of benzene rings is 1. The summed E-state index contributed by atoms with van der Waals surface area (Å²) in [5.74, 6) is 0.0675. The molecule has 6 heteroatoms. The van der Waals surface area contributed by atoms with Crippen molar-refractivity contribution < 1.29 is 4.79 Å². The Hall–Kier alpha value is -3.12. The minimum absolute atomic E-state index is 0.0675. The molecule has 0 saturated heterocycles. The Bertz CT molecular complexity index is 852. The summed E-state index contributed by atoms with van der Waals surface area (Å²) in [5.41, 5.74) is 4.64. The van der Waals surface area contributed by atoms with E-state index < -0.39 is 0 Å². The highest BCUT2D eigenvalue weighted by molar-refractivity contribution is 5.76. The number of nitriles is 2. The second kappa shape index (κ2) is 8.82. The summed E-state index contributed by atoms with van der Waals surface area (Å²) >= 11 is 0. The van der Waals surface area contributed by atoms with Gasteiger partial charge in [-0.15, -0.1) is 0 Å². The first-order chi connectivity index (χ1) is 12.5. The summed E-state index contributed by atoms with van der Waals surface area (Å²) < 4.78 is 1.85. The van der Waals surface area contributed by atoms with Crippen LogP contribution in [0.5, 0.6) is 0 Å². The summed E-state index contributed by atoms with van der Waals surface area (Å²) in [5, 5.41) is 22.0. The van der Waals surface area contributed by atoms with Gasteiger partial charge in [-0.05, 0) is 43.5 Å². The van der Waals surface area contributed by atoms with Crippen molar-refractivity contribution in [1.82, 2.24) is 14.7 Å². The van der Waals surface area contributed by atoms with E-state index in [-0.39, 0.29) is 5.91 Å². The molecule has 0 aliphatic heterocycles. The van der Waals surface area contributed by atoms with E-state index in [9.17, 15) is 4.79 Å². The fraction of sp³-hybridized carbons (Fsp3) is 0.400. The van der Waals surface area contributed by atoms with E-state index in [4.69, 9.17) is 10.5 Å². The van der Waals surface area contributed by atoms with Crippen molar-refractivity contribution in [2.75, 3.05) is 7.05 Å². The topological polar surface area (TPSA) is 85.7 Å². The molecule has 6 nitrogen and oxygen atoms in total. The zero-order valence-electron chi connectivity index (χ0n) is 15.5. The second-order valence-corrected chi connectivity index (χ2v) is 6.34. The lowest BCUT2D eigenvalue weighted by atomic mass is 10.1. The minimum Gasteiger partial charge on any atom is -0.341 e. The molecule has 0 aliphatic rings. The Balaban J connectivity index is 1.94. The molecule has 1 aromatic carbocycles. The van der Waals surface area contributed by atoms with E-state index in [2.05, 4.69) is 17.2 Å². The van der Waals surface area contributed by atoms with Gasteiger partial charge in [0.2, 0.25) is 5.91 Å². The van der Waals surface area contributed by atoms with E-state index >= 15 is 0 Å². The predicted octanol–water partition coefficient (Wildman–Crippen LogP) is 2.88. The van der Waals surface area contributed by atoms with Crippen LogP contribution in [0.25, 0.3) is 0 Å². The van der Waals surface area contributed by atoms with Crippen LogP contribution < -0.4 is 0 Å². The van der Waals surface area contributed by atoms with Gasteiger partial charge in [0.05, 0.1) is 36.4 Å². The van der Waals surface area contributed by atoms with Crippen LogP contribution in [-0.4, -0.2) is 27.6 Å². The Morgan fingerprint density at radius 3 is 2.54 bits per heavy atom. The molecule has 0 aliphatic carbocycles. The number of rotatable bonds is 7. The lowest BCUT2D eigenvalue weighted by molar-refractivity contribution is -0.130. The number of nitrogens with zero attached hydrogens (tertiary/aromatic N) is 5. The van der Waals surface area contributed by atoms with Crippen LogP contribution in [0.4, 0.5) is 0 Å². The molecule has 0 unspecified atom stereocenters. The number of aryl methyl sites for hydroxylation is 2. The fourth-order valence-electron chi connectivity index (χ4n) is 2.94. The summed E-state index contributed by atoms with van der Waals surface area (Å²) in [6.07, 6.45) is 1.48. The van der Waals surface area contributed by atoms with Crippen molar-refractivity contribution in [3.63, 3.8) is 0 Å². The van der Waals surface area contributed by atoms with Gasteiger partial charge in [-0.3, -0.25) is 9.48 Å². The molecule has 0 N–H and O–H groups in total. The van der Waals surface area contributed by atoms with Crippen molar-refractivity contribution in [3.8, 4) is 12.1 Å². The number of amides is 1. The molecule has 1 aromatic heterocycles. The van der Waals surface area contributed by atoms with Gasteiger partial charge in [-0.25, -0.2) is 0 Å². The third-order valence-electron chi connectivity index (χ3n) is 4.48. The number of aromatic nitrogens is 2. The zero-order chi connectivity index (χ0) is 19.1. The van der Waals surface area contributed by atoms with Crippen LogP contribution in [-0.2, 0) is 24.3 Å². The summed E-state index contributed by atoms with van der Waals surface area (Å²) in [6.45, 7) is 5.02. The van der Waals surface area contributed by atoms with E-state index in [0.29, 0.717) is 37.9 Å². The molecule has 0 atom stereocenters. The molecule has 2 rings (SSSR count). The van der Waals surface area contributed by atoms with E-state index in [1.807, 2.05) is 30.7 Å². The lowest BCUT2D eigenvalue weighted by Gasteiger charge is -2.17. The third kappa shape index (κ3) is 4.70. The average Bonchev–Trinajstić information content (AvgIpc) is 2.91. The highest BCUT2D eigenvalue weighted by Crippen LogP contribution is 2.16. The zero-order valence-corrected chi connectivity index (χ0v) is 15.5. The van der Waals surface area contributed by atoms with Crippen molar-refractivity contribution in [1.29, 1.82) is 10.5 Å². The lowest BCUT2D eigenvalue weighted by Crippen LogP contribution is -2.26. The van der Waals surface area contributed by atoms with Crippen molar-refractivity contribution in [2.45, 2.75) is 46.2 Å². The van der Waals surface area contributed by atoms with Gasteiger partial charge in [0, 0.05) is 25.7 Å². The summed E-state index contributed by atoms with van der Waals surface area (Å²) in [4.78, 5) is 14.1. The van der Waals surface area contributed by atoms with Crippen LogP contribution in [0.2, 0.25) is 0 Å². The highest BCUT2D eigenvalue weighted by atomic mass is 16.2. The molecule has 26 heavy (non-hydrogen) atoms. The molecular formula is C20H23N5O. The first kappa shape index (κ1) is 19.2. The van der Waals surface area contributed by atoms with Crippen LogP contribution in [0.1, 0.15) is 40.9 Å². The smallest absolute Gasteiger partial charge is 0.222 e. The molecule has 0 saturated carbocycles. The summed E-state index contributed by atoms with van der Waals surface area (Å²) in [7, 11) is 1.79. The van der Waals surface area contributed by atoms with Gasteiger partial charge in [-0.2, -0.15) is 15.6 Å². The van der Waals surface area contributed by atoms with Crippen molar-refractivity contribution in [3.05, 3.63) is 52.3 Å². The minimum atomic E-state index is 0.0675. The van der Waals surface area contributed by atoms with Crippen LogP contribution in [0.3, 0.4) is 0 Å². The number of hydrogen-bond acceptors (Lipinski definition) is 4. The number of carbonyl (C=O) groups excluding carboxylic acids is 1. The molecule has 2 aromatic rings. The van der Waals surface area contributed by atoms with E-state index in [0.717, 1.165) is 22.5 Å². The SMILES string of the molecule is Cc1nn(CCC#N)c(C)c1CCC(=O)N(C)Cc1ccc(C#N)cc1. The van der Waals surface area contributed by atoms with Gasteiger partial charge >= 0.3 is 0 Å². The largest absolute Gasteiger partial charge is 0.341 e. The van der Waals surface area contributed by atoms with E-state index in [1.54, 1.807) is 24.1 Å². The van der Waals surface area contributed by atoms with Gasteiger partial charge in [-0.1, -0.05) is 12.1 Å². The van der Waals surface area contributed by atoms with E-state index in [1.165, 1.54) is 0 Å². The third-order valence-corrected chi connectivity index (χ3v) is 4.48. The number of hydrogen-bond donors (Lipinski definition) is 0. The Morgan fingerprint density at radius 2 is 1.92 bits per heavy atom. The standard InChI is InChI=1S/C20H23N5O/c1-15-19(16(2)25(23-15)12-4-11-21)9-10-20(26)24(3)14-18-7-5-17(13-22)6-8-18/h5-8H,4,9-10,12,14H2,1-3H3. The second-order valence-electron chi connectivity index (χ2n) is 6.34. The molecule has 134 valence electrons. The summed E-state index contributed by atoms with van der Waals surface area (Å²) in [6, 6.07) is 11.5. The monoisotopic (exact) mass is 349 g/mol. The van der Waals surface area contributed by atoms with Crippen LogP contribution in [0, 0.1) is 36.5 Å². The van der Waals surface area contributed by atoms with Crippen molar-refractivity contribution in [2.24, 2.45) is 0 Å². The first-order valence-electron chi connectivity index (χ1n) is 8.59. The molecule has 0 fully saturated rings. The van der Waals surface area contributed by atoms with Gasteiger partial charge in [0.15, 0.2) is 0 Å². The highest BCUT2D eigenvalue weighted by Gasteiger charge is 2.15. The van der Waals surface area contributed by atoms with Gasteiger partial charge in [0.25, 0.3) is 0 Å². The van der Waals surface area contributed by atoms with Crippen molar-refractivity contribution >= 4 is 5.91 Å². The normalized spacial score (nSPS) is 10.2. The van der Waals surface area contributed by atoms with Gasteiger partial charge in [0.1, 0.15) is 0 Å². The fourth-order valence-corrected chi connectivity index (χ4v) is 2.94. The Labute approximate surface area is 154 Å². The number of carbonyl (C=O) groups is 1. The molecular weight excluding hydrogens is 326 g/mol. The molecule has 0 bridgehead atoms. The Morgan fingerprint density at radius 1 is 1.23 bits per heavy atom. The molecule has 1 heterocycles. The van der Waals surface area contributed by atoms with Gasteiger partial charge < -0.3 is 4.90 Å². The maximum absolute atomic E-state index is 12.4.